The van der Waals surface area contributed by atoms with Crippen molar-refractivity contribution in [2.24, 2.45) is 0 Å². The maximum atomic E-state index is 11.1. The Labute approximate surface area is 127 Å². The van der Waals surface area contributed by atoms with Crippen molar-refractivity contribution in [1.82, 2.24) is 10.2 Å². The fourth-order valence-electron chi connectivity index (χ4n) is 1.91. The largest absolute Gasteiger partial charge is 0.486 e. The molecule has 1 aromatic heterocycles. The molecule has 0 unspecified atom stereocenters. The van der Waals surface area contributed by atoms with Crippen molar-refractivity contribution in [3.8, 4) is 11.5 Å². The summed E-state index contributed by atoms with van der Waals surface area (Å²) in [6, 6.07) is 8.59. The first-order chi connectivity index (χ1) is 10.5. The lowest BCUT2D eigenvalue weighted by Gasteiger charge is -2.19. The lowest BCUT2D eigenvalue weighted by atomic mass is 10.2. The first-order valence-electron chi connectivity index (χ1n) is 6.48. The number of ether oxygens (including phenoxy) is 2. The van der Waals surface area contributed by atoms with Crippen LogP contribution in [0.1, 0.15) is 0 Å². The van der Waals surface area contributed by atoms with Crippen molar-refractivity contribution in [2.75, 3.05) is 29.5 Å². The predicted molar refractivity (Wildman–Crippen MR) is 81.2 cm³/mol. The average molecular weight is 322 g/mol. The van der Waals surface area contributed by atoms with E-state index in [0.717, 1.165) is 11.9 Å². The Morgan fingerprint density at radius 2 is 1.68 bits per heavy atom. The van der Waals surface area contributed by atoms with Crippen LogP contribution in [0.3, 0.4) is 0 Å². The van der Waals surface area contributed by atoms with Gasteiger partial charge in [0.25, 0.3) is 0 Å². The van der Waals surface area contributed by atoms with Crippen LogP contribution in [-0.4, -0.2) is 38.1 Å². The van der Waals surface area contributed by atoms with Crippen LogP contribution in [0.5, 0.6) is 11.5 Å². The summed E-state index contributed by atoms with van der Waals surface area (Å²) in [5.74, 6) is 2.01. The van der Waals surface area contributed by atoms with Crippen LogP contribution in [0.25, 0.3) is 0 Å². The maximum absolute atomic E-state index is 11.1. The number of fused-ring (bicyclic) bond motifs is 1. The molecule has 9 heteroatoms. The van der Waals surface area contributed by atoms with E-state index in [4.69, 9.17) is 9.47 Å². The Hall–Kier alpha value is -2.55. The number of hydrogen-bond acceptors (Lipinski definition) is 7. The SMILES string of the molecule is CS(=O)(=O)Nc1ccc(Nc2ccc3c(c2)OCCO3)nn1. The summed E-state index contributed by atoms with van der Waals surface area (Å²) >= 11 is 0. The quantitative estimate of drug-likeness (QED) is 0.876. The number of aromatic nitrogens is 2. The van der Waals surface area contributed by atoms with Crippen molar-refractivity contribution in [2.45, 2.75) is 0 Å². The number of sulfonamides is 1. The molecule has 2 aromatic rings. The normalized spacial score (nSPS) is 13.5. The zero-order chi connectivity index (χ0) is 15.6. The molecule has 116 valence electrons. The second kappa shape index (κ2) is 5.68. The van der Waals surface area contributed by atoms with E-state index in [0.29, 0.717) is 30.5 Å². The lowest BCUT2D eigenvalue weighted by molar-refractivity contribution is 0.171. The van der Waals surface area contributed by atoms with Gasteiger partial charge in [0.1, 0.15) is 13.2 Å². The minimum absolute atomic E-state index is 0.162. The molecule has 0 saturated carbocycles. The first-order valence-corrected chi connectivity index (χ1v) is 8.37. The summed E-state index contributed by atoms with van der Waals surface area (Å²) in [5, 5.41) is 10.8. The molecule has 22 heavy (non-hydrogen) atoms. The van der Waals surface area contributed by atoms with E-state index in [-0.39, 0.29) is 5.82 Å². The molecule has 0 spiro atoms. The molecule has 8 nitrogen and oxygen atoms in total. The molecule has 1 aliphatic heterocycles. The van der Waals surface area contributed by atoms with Crippen LogP contribution in [0, 0.1) is 0 Å². The van der Waals surface area contributed by atoms with Gasteiger partial charge < -0.3 is 14.8 Å². The number of nitrogens with zero attached hydrogens (tertiary/aromatic N) is 2. The summed E-state index contributed by atoms with van der Waals surface area (Å²) < 4.78 is 35.4. The van der Waals surface area contributed by atoms with Crippen LogP contribution >= 0.6 is 0 Å². The Kier molecular flexibility index (Phi) is 3.72. The minimum Gasteiger partial charge on any atom is -0.486 e. The Bertz CT molecular complexity index is 777. The van der Waals surface area contributed by atoms with Crippen molar-refractivity contribution in [3.05, 3.63) is 30.3 Å². The van der Waals surface area contributed by atoms with E-state index in [1.807, 2.05) is 12.1 Å². The molecule has 0 radical (unpaired) electrons. The molecule has 1 aromatic carbocycles. The first kappa shape index (κ1) is 14.4. The van der Waals surface area contributed by atoms with Gasteiger partial charge in [-0.2, -0.15) is 0 Å². The minimum atomic E-state index is -3.36. The topological polar surface area (TPSA) is 102 Å². The van der Waals surface area contributed by atoms with Crippen molar-refractivity contribution in [1.29, 1.82) is 0 Å². The van der Waals surface area contributed by atoms with Crippen molar-refractivity contribution >= 4 is 27.3 Å². The van der Waals surface area contributed by atoms with E-state index in [9.17, 15) is 8.42 Å². The van der Waals surface area contributed by atoms with E-state index in [2.05, 4.69) is 20.2 Å². The van der Waals surface area contributed by atoms with E-state index in [1.54, 1.807) is 12.1 Å². The fourth-order valence-corrected chi connectivity index (χ4v) is 2.40. The summed E-state index contributed by atoms with van der Waals surface area (Å²) in [6.45, 7) is 1.06. The number of benzene rings is 1. The summed E-state index contributed by atoms with van der Waals surface area (Å²) in [5.41, 5.74) is 0.766. The van der Waals surface area contributed by atoms with E-state index < -0.39 is 10.0 Å². The van der Waals surface area contributed by atoms with Crippen molar-refractivity contribution < 1.29 is 17.9 Å². The highest BCUT2D eigenvalue weighted by atomic mass is 32.2. The van der Waals surface area contributed by atoms with Gasteiger partial charge in [0, 0.05) is 11.8 Å². The van der Waals surface area contributed by atoms with Crippen LogP contribution in [0.2, 0.25) is 0 Å². The molecule has 0 amide bonds. The van der Waals surface area contributed by atoms with Gasteiger partial charge >= 0.3 is 0 Å². The van der Waals surface area contributed by atoms with Gasteiger partial charge in [0.2, 0.25) is 10.0 Å². The molecular formula is C13H14N4O4S. The lowest BCUT2D eigenvalue weighted by Crippen LogP contribution is -2.15. The van der Waals surface area contributed by atoms with E-state index in [1.165, 1.54) is 6.07 Å². The van der Waals surface area contributed by atoms with Gasteiger partial charge in [0.15, 0.2) is 23.1 Å². The number of anilines is 3. The molecule has 0 atom stereocenters. The predicted octanol–water partition coefficient (Wildman–Crippen LogP) is 1.36. The summed E-state index contributed by atoms with van der Waals surface area (Å²) in [6.07, 6.45) is 1.05. The average Bonchev–Trinajstić information content (AvgIpc) is 2.48. The third-order valence-corrected chi connectivity index (χ3v) is 3.35. The Balaban J connectivity index is 1.73. The molecule has 0 aliphatic carbocycles. The molecule has 1 aliphatic rings. The highest BCUT2D eigenvalue weighted by Crippen LogP contribution is 2.33. The van der Waals surface area contributed by atoms with Gasteiger partial charge in [0.05, 0.1) is 6.26 Å². The summed E-state index contributed by atoms with van der Waals surface area (Å²) in [4.78, 5) is 0. The smallest absolute Gasteiger partial charge is 0.231 e. The number of nitrogens with one attached hydrogen (secondary N) is 2. The van der Waals surface area contributed by atoms with Crippen LogP contribution in [-0.2, 0) is 10.0 Å². The number of rotatable bonds is 4. The van der Waals surface area contributed by atoms with Gasteiger partial charge in [-0.1, -0.05) is 0 Å². The Morgan fingerprint density at radius 1 is 1.00 bits per heavy atom. The second-order valence-corrected chi connectivity index (χ2v) is 6.41. The van der Waals surface area contributed by atoms with Gasteiger partial charge in [-0.25, -0.2) is 8.42 Å². The van der Waals surface area contributed by atoms with Crippen LogP contribution in [0.15, 0.2) is 30.3 Å². The zero-order valence-electron chi connectivity index (χ0n) is 11.7. The third kappa shape index (κ3) is 3.55. The van der Waals surface area contributed by atoms with E-state index >= 15 is 0 Å². The highest BCUT2D eigenvalue weighted by molar-refractivity contribution is 7.92. The van der Waals surface area contributed by atoms with Gasteiger partial charge in [-0.15, -0.1) is 10.2 Å². The molecule has 3 rings (SSSR count). The molecule has 0 bridgehead atoms. The molecule has 0 saturated heterocycles. The van der Waals surface area contributed by atoms with Gasteiger partial charge in [-0.3, -0.25) is 4.72 Å². The maximum Gasteiger partial charge on any atom is 0.231 e. The molecular weight excluding hydrogens is 308 g/mol. The Morgan fingerprint density at radius 3 is 2.36 bits per heavy atom. The highest BCUT2D eigenvalue weighted by Gasteiger charge is 2.12. The fraction of sp³-hybridized carbons (Fsp3) is 0.231. The zero-order valence-corrected chi connectivity index (χ0v) is 12.6. The van der Waals surface area contributed by atoms with Crippen LogP contribution in [0.4, 0.5) is 17.3 Å². The molecule has 2 heterocycles. The second-order valence-electron chi connectivity index (χ2n) is 4.66. The standard InChI is InChI=1S/C13H14N4O4S/c1-22(18,19)17-13-5-4-12(15-16-13)14-9-2-3-10-11(8-9)21-7-6-20-10/h2-5,8H,6-7H2,1H3,(H,14,15)(H,16,17). The number of hydrogen-bond donors (Lipinski definition) is 2. The van der Waals surface area contributed by atoms with Crippen LogP contribution < -0.4 is 19.5 Å². The molecule has 2 N–H and O–H groups in total. The van der Waals surface area contributed by atoms with Gasteiger partial charge in [-0.05, 0) is 24.3 Å². The third-order valence-electron chi connectivity index (χ3n) is 2.77. The summed E-state index contributed by atoms with van der Waals surface area (Å²) in [7, 11) is -3.36. The molecule has 0 fully saturated rings. The van der Waals surface area contributed by atoms with Crippen molar-refractivity contribution in [3.63, 3.8) is 0 Å². The monoisotopic (exact) mass is 322 g/mol.